The minimum Gasteiger partial charge on any atom is -0.396 e. The molecule has 8 heteroatoms. The Bertz CT molecular complexity index is 1870. The zero-order valence-corrected chi connectivity index (χ0v) is 31.6. The molecule has 0 radical (unpaired) electrons. The summed E-state index contributed by atoms with van der Waals surface area (Å²) in [6, 6.07) is 5.65. The van der Waals surface area contributed by atoms with Crippen LogP contribution < -0.4 is 11.1 Å². The van der Waals surface area contributed by atoms with E-state index in [0.717, 1.165) is 51.8 Å². The number of nitrogens with two attached hydrogens (primary N) is 1. The predicted octanol–water partition coefficient (Wildman–Crippen LogP) is 5.93. The van der Waals surface area contributed by atoms with Gasteiger partial charge in [0.15, 0.2) is 5.78 Å². The molecule has 2 heterocycles. The van der Waals surface area contributed by atoms with E-state index in [9.17, 15) is 24.9 Å². The van der Waals surface area contributed by atoms with E-state index in [-0.39, 0.29) is 50.3 Å². The predicted molar refractivity (Wildman–Crippen MR) is 207 cm³/mol. The molecule has 53 heavy (non-hydrogen) atoms. The van der Waals surface area contributed by atoms with Crippen LogP contribution in [0.1, 0.15) is 101 Å². The number of amides is 1. The maximum atomic E-state index is 14.2. The van der Waals surface area contributed by atoms with Crippen molar-refractivity contribution in [3.8, 4) is 11.8 Å². The second kappa shape index (κ2) is 15.9. The molecule has 6 unspecified atom stereocenters. The third-order valence-corrected chi connectivity index (χ3v) is 12.8. The van der Waals surface area contributed by atoms with Crippen molar-refractivity contribution in [3.63, 3.8) is 0 Å². The number of allylic oxidation sites excluding steroid dienone is 9. The molecule has 1 aromatic carbocycles. The van der Waals surface area contributed by atoms with E-state index in [1.54, 1.807) is 0 Å². The number of fused-ring (bicyclic) bond motifs is 3. The molecule has 2 spiro atoms. The summed E-state index contributed by atoms with van der Waals surface area (Å²) in [6.07, 6.45) is 14.7. The first kappa shape index (κ1) is 38.9. The highest BCUT2D eigenvalue weighted by atomic mass is 16.5. The SMILES string of the molecule is C=C1C=C2C=CC3(CCC4(C(CCCO)C(=C(C)C(=O)Cc5cccc6c5CC(=O)NC6N)CCC4(C)O)C3O)C(=C2)COCC#CCC(C)=CCC1. The standard InChI is InChI=1S/C45H56N2O6/c1-29-10-5-6-23-53-28-34-25-32(24-30(2)12-7-11-29)16-19-44(34)20-21-45(42(44)51)38(15-9-22-48)35(17-18-43(45,4)52)31(3)39(49)26-33-13-8-14-36-37(33)27-40(50)47-41(36)46/h8,11,13-14,16,19,24-25,38,41-42,48,51-52H,2,7,9-10,12,15,17-18,20-23,26-28,46H2,1,3-4H3,(H,47,50). The molecule has 1 amide bonds. The summed E-state index contributed by atoms with van der Waals surface area (Å²) < 4.78 is 6.17. The summed E-state index contributed by atoms with van der Waals surface area (Å²) in [6.45, 7) is 10.6. The molecule has 2 aliphatic heterocycles. The number of aliphatic hydroxyl groups excluding tert-OH is 2. The number of ketones is 1. The molecule has 282 valence electrons. The molecular weight excluding hydrogens is 665 g/mol. The largest absolute Gasteiger partial charge is 0.396 e. The van der Waals surface area contributed by atoms with Gasteiger partial charge in [0.2, 0.25) is 5.91 Å². The van der Waals surface area contributed by atoms with E-state index < -0.39 is 28.7 Å². The third kappa shape index (κ3) is 7.48. The maximum absolute atomic E-state index is 14.2. The number of benzene rings is 1. The van der Waals surface area contributed by atoms with Crippen LogP contribution in [0.4, 0.5) is 0 Å². The monoisotopic (exact) mass is 720 g/mol. The number of carbonyl (C=O) groups excluding carboxylic acids is 2. The summed E-state index contributed by atoms with van der Waals surface area (Å²) in [7, 11) is 0. The minimum absolute atomic E-state index is 0.0400. The number of rotatable bonds is 6. The van der Waals surface area contributed by atoms with Gasteiger partial charge in [0.1, 0.15) is 12.8 Å². The smallest absolute Gasteiger partial charge is 0.225 e. The van der Waals surface area contributed by atoms with Crippen molar-refractivity contribution in [3.05, 3.63) is 105 Å². The lowest BCUT2D eigenvalue weighted by atomic mass is 9.51. The number of hydrogen-bond acceptors (Lipinski definition) is 7. The first-order valence-corrected chi connectivity index (χ1v) is 19.2. The van der Waals surface area contributed by atoms with Crippen molar-refractivity contribution in [2.45, 2.75) is 109 Å². The van der Waals surface area contributed by atoms with Gasteiger partial charge in [-0.15, -0.1) is 0 Å². The molecule has 8 nitrogen and oxygen atoms in total. The zero-order valence-electron chi connectivity index (χ0n) is 31.6. The first-order valence-electron chi connectivity index (χ1n) is 19.2. The Hall–Kier alpha value is -3.84. The van der Waals surface area contributed by atoms with Gasteiger partial charge in [0.25, 0.3) is 0 Å². The van der Waals surface area contributed by atoms with Crippen LogP contribution in [0.25, 0.3) is 0 Å². The molecule has 2 bridgehead atoms. The van der Waals surface area contributed by atoms with Crippen LogP contribution in [-0.2, 0) is 27.2 Å². The topological polar surface area (TPSA) is 142 Å². The zero-order chi connectivity index (χ0) is 38.0. The Balaban J connectivity index is 1.37. The summed E-state index contributed by atoms with van der Waals surface area (Å²) in [5.74, 6) is 5.78. The fraction of sp³-hybridized carbons (Fsp3) is 0.511. The quantitative estimate of drug-likeness (QED) is 0.139. The lowest BCUT2D eigenvalue weighted by molar-refractivity contribution is -0.173. The Labute approximate surface area is 314 Å². The number of aliphatic hydroxyl groups is 3. The van der Waals surface area contributed by atoms with Crippen LogP contribution in [0.5, 0.6) is 0 Å². The van der Waals surface area contributed by atoms with Crippen LogP contribution in [0.3, 0.4) is 0 Å². The molecule has 0 aromatic heterocycles. The van der Waals surface area contributed by atoms with Gasteiger partial charge in [-0.05, 0) is 111 Å². The summed E-state index contributed by atoms with van der Waals surface area (Å²) in [5, 5.41) is 38.3. The molecule has 6 N–H and O–H groups in total. The highest BCUT2D eigenvalue weighted by Crippen LogP contribution is 2.67. The molecule has 5 aliphatic rings. The fourth-order valence-electron chi connectivity index (χ4n) is 9.86. The van der Waals surface area contributed by atoms with Crippen molar-refractivity contribution >= 4 is 11.7 Å². The van der Waals surface area contributed by atoms with Crippen LogP contribution in [0.15, 0.2) is 88.6 Å². The van der Waals surface area contributed by atoms with Gasteiger partial charge >= 0.3 is 0 Å². The van der Waals surface area contributed by atoms with Gasteiger partial charge in [-0.2, -0.15) is 0 Å². The lowest BCUT2D eigenvalue weighted by Gasteiger charge is -2.56. The van der Waals surface area contributed by atoms with E-state index >= 15 is 0 Å². The summed E-state index contributed by atoms with van der Waals surface area (Å²) in [5.41, 5.74) is 11.3. The second-order valence-corrected chi connectivity index (χ2v) is 16.1. The average molecular weight is 721 g/mol. The van der Waals surface area contributed by atoms with Gasteiger partial charge in [-0.3, -0.25) is 9.59 Å². The number of hydrogen-bond donors (Lipinski definition) is 5. The van der Waals surface area contributed by atoms with E-state index in [2.05, 4.69) is 61.0 Å². The molecule has 6 rings (SSSR count). The van der Waals surface area contributed by atoms with Crippen molar-refractivity contribution in [1.29, 1.82) is 0 Å². The molecular formula is C45H56N2O6. The van der Waals surface area contributed by atoms with Gasteiger partial charge in [0.05, 0.1) is 24.7 Å². The normalized spacial score (nSPS) is 32.7. The van der Waals surface area contributed by atoms with Crippen molar-refractivity contribution in [2.75, 3.05) is 19.8 Å². The van der Waals surface area contributed by atoms with Gasteiger partial charge in [0, 0.05) is 30.3 Å². The number of Topliss-reactive ketones (excluding diaryl/α,β-unsaturated/α-hetero) is 1. The molecule has 2 saturated carbocycles. The van der Waals surface area contributed by atoms with Crippen molar-refractivity contribution < 1.29 is 29.6 Å². The van der Waals surface area contributed by atoms with Gasteiger partial charge in [-0.25, -0.2) is 0 Å². The van der Waals surface area contributed by atoms with Crippen molar-refractivity contribution in [2.24, 2.45) is 22.5 Å². The van der Waals surface area contributed by atoms with Crippen LogP contribution in [0, 0.1) is 28.6 Å². The molecule has 6 atom stereocenters. The number of ether oxygens (including phenoxy) is 1. The Morgan fingerprint density at radius 1 is 1.17 bits per heavy atom. The number of carbonyl (C=O) groups is 2. The Kier molecular flexibility index (Phi) is 11.6. The minimum atomic E-state index is -1.25. The summed E-state index contributed by atoms with van der Waals surface area (Å²) >= 11 is 0. The average Bonchev–Trinajstić information content (AvgIpc) is 3.40. The first-order chi connectivity index (χ1) is 25.3. The highest BCUT2D eigenvalue weighted by Gasteiger charge is 2.68. The van der Waals surface area contributed by atoms with Gasteiger partial charge < -0.3 is 31.1 Å². The second-order valence-electron chi connectivity index (χ2n) is 16.1. The lowest BCUT2D eigenvalue weighted by Crippen LogP contribution is -2.61. The molecule has 2 fully saturated rings. The highest BCUT2D eigenvalue weighted by molar-refractivity contribution is 5.97. The van der Waals surface area contributed by atoms with Crippen LogP contribution >= 0.6 is 0 Å². The van der Waals surface area contributed by atoms with E-state index in [1.807, 2.05) is 32.0 Å². The third-order valence-electron chi connectivity index (χ3n) is 12.8. The van der Waals surface area contributed by atoms with Crippen molar-refractivity contribution in [1.82, 2.24) is 5.32 Å². The fourth-order valence-corrected chi connectivity index (χ4v) is 9.86. The maximum Gasteiger partial charge on any atom is 0.225 e. The van der Waals surface area contributed by atoms with Crippen LogP contribution in [-0.4, -0.2) is 58.5 Å². The molecule has 0 saturated heterocycles. The van der Waals surface area contributed by atoms with Crippen LogP contribution in [0.2, 0.25) is 0 Å². The van der Waals surface area contributed by atoms with E-state index in [0.29, 0.717) is 50.5 Å². The molecule has 3 aliphatic carbocycles. The summed E-state index contributed by atoms with van der Waals surface area (Å²) in [4.78, 5) is 26.6. The molecule has 1 aromatic rings. The Morgan fingerprint density at radius 3 is 2.77 bits per heavy atom. The van der Waals surface area contributed by atoms with Gasteiger partial charge in [-0.1, -0.05) is 83.7 Å². The van der Waals surface area contributed by atoms with E-state index in [1.165, 1.54) is 5.57 Å². The van der Waals surface area contributed by atoms with E-state index in [4.69, 9.17) is 10.5 Å². The Morgan fingerprint density at radius 2 is 1.98 bits per heavy atom. The number of nitrogens with one attached hydrogen (secondary N) is 1.